The third-order valence-electron chi connectivity index (χ3n) is 3.19. The number of anilines is 2. The van der Waals surface area contributed by atoms with E-state index in [-0.39, 0.29) is 0 Å². The number of aromatic nitrogens is 1. The largest absolute Gasteiger partial charge is 0.382 e. The lowest BCUT2D eigenvalue weighted by Crippen LogP contribution is -2.42. The van der Waals surface area contributed by atoms with Gasteiger partial charge >= 0.3 is 0 Å². The van der Waals surface area contributed by atoms with Crippen LogP contribution in [0.2, 0.25) is 0 Å². The average molecular weight is 257 g/mol. The number of rotatable bonds is 2. The van der Waals surface area contributed by atoms with Gasteiger partial charge < -0.3 is 15.4 Å². The van der Waals surface area contributed by atoms with Crippen molar-refractivity contribution in [3.63, 3.8) is 0 Å². The second kappa shape index (κ2) is 4.09. The molecule has 4 nitrogen and oxygen atoms in total. The predicted molar refractivity (Wildman–Crippen MR) is 68.4 cm³/mol. The highest BCUT2D eigenvalue weighted by Crippen LogP contribution is 2.40. The Bertz CT molecular complexity index is 383. The van der Waals surface area contributed by atoms with Gasteiger partial charge in [-0.2, -0.15) is 4.37 Å². The molecule has 0 saturated carbocycles. The van der Waals surface area contributed by atoms with Gasteiger partial charge in [-0.1, -0.05) is 0 Å². The fourth-order valence-electron chi connectivity index (χ4n) is 2.46. The Labute approximate surface area is 103 Å². The van der Waals surface area contributed by atoms with Gasteiger partial charge in [0.25, 0.3) is 0 Å². The Morgan fingerprint density at radius 3 is 2.75 bits per heavy atom. The minimum absolute atomic E-state index is 0.414. The summed E-state index contributed by atoms with van der Waals surface area (Å²) >= 11 is 3.20. The molecule has 2 N–H and O–H groups in total. The number of hydrogen-bond donors (Lipinski definition) is 1. The van der Waals surface area contributed by atoms with Crippen LogP contribution >= 0.6 is 23.3 Å². The molecule has 0 aliphatic carbocycles. The molecule has 2 atom stereocenters. The van der Waals surface area contributed by atoms with Crippen LogP contribution in [0.5, 0.6) is 0 Å². The van der Waals surface area contributed by atoms with E-state index in [2.05, 4.69) is 15.5 Å². The molecule has 3 heterocycles. The second-order valence-electron chi connectivity index (χ2n) is 4.27. The first-order chi connectivity index (χ1) is 7.78. The molecule has 0 amide bonds. The summed E-state index contributed by atoms with van der Waals surface area (Å²) in [5, 5.41) is 1.23. The van der Waals surface area contributed by atoms with Crippen LogP contribution in [-0.2, 0) is 4.74 Å². The van der Waals surface area contributed by atoms with Gasteiger partial charge in [0.1, 0.15) is 5.00 Å². The van der Waals surface area contributed by atoms with Gasteiger partial charge in [-0.25, -0.2) is 0 Å². The summed E-state index contributed by atoms with van der Waals surface area (Å²) in [5.74, 6) is 0.673. The second-order valence-corrected chi connectivity index (χ2v) is 5.84. The van der Waals surface area contributed by atoms with E-state index >= 15 is 0 Å². The minimum atomic E-state index is 0.414. The van der Waals surface area contributed by atoms with Gasteiger partial charge in [0.15, 0.2) is 5.82 Å². The number of nitrogen functional groups attached to an aromatic ring is 1. The van der Waals surface area contributed by atoms with Gasteiger partial charge in [-0.3, -0.25) is 0 Å². The van der Waals surface area contributed by atoms with Crippen LogP contribution in [0.4, 0.5) is 10.8 Å². The molecule has 2 saturated heterocycles. The minimum Gasteiger partial charge on any atom is -0.382 e. The quantitative estimate of drug-likeness (QED) is 0.819. The van der Waals surface area contributed by atoms with Crippen molar-refractivity contribution in [1.29, 1.82) is 0 Å². The summed E-state index contributed by atoms with van der Waals surface area (Å²) in [6.07, 6.45) is 5.28. The molecule has 2 aliphatic rings. The van der Waals surface area contributed by atoms with Crippen molar-refractivity contribution in [2.24, 2.45) is 0 Å². The summed E-state index contributed by atoms with van der Waals surface area (Å²) < 4.78 is 10.1. The Hall–Kier alpha value is -0.460. The van der Waals surface area contributed by atoms with Crippen LogP contribution in [0.15, 0.2) is 4.90 Å². The smallest absolute Gasteiger partial charge is 0.153 e. The Balaban J connectivity index is 1.86. The highest BCUT2D eigenvalue weighted by Gasteiger charge is 2.35. The molecule has 16 heavy (non-hydrogen) atoms. The van der Waals surface area contributed by atoms with Crippen molar-refractivity contribution in [2.75, 3.05) is 30.0 Å². The molecule has 2 unspecified atom stereocenters. The summed E-state index contributed by atoms with van der Waals surface area (Å²) in [6.45, 7) is 1.98. The van der Waals surface area contributed by atoms with Crippen LogP contribution in [-0.4, -0.2) is 35.9 Å². The van der Waals surface area contributed by atoms with Gasteiger partial charge in [-0.05, 0) is 30.6 Å². The number of fused-ring (bicyclic) bond motifs is 2. The topological polar surface area (TPSA) is 51.4 Å². The van der Waals surface area contributed by atoms with Crippen LogP contribution in [0.25, 0.3) is 0 Å². The SMILES string of the molecule is CSc1c(N)nsc1N1CC2CCC(C1)O2. The van der Waals surface area contributed by atoms with Gasteiger partial charge in [0, 0.05) is 13.1 Å². The van der Waals surface area contributed by atoms with E-state index in [0.717, 1.165) is 18.0 Å². The van der Waals surface area contributed by atoms with E-state index in [1.54, 1.807) is 11.8 Å². The van der Waals surface area contributed by atoms with E-state index in [1.807, 2.05) is 0 Å². The number of thioether (sulfide) groups is 1. The Kier molecular flexibility index (Phi) is 2.73. The van der Waals surface area contributed by atoms with Crippen molar-refractivity contribution >= 4 is 34.1 Å². The molecule has 0 radical (unpaired) electrons. The molecule has 2 bridgehead atoms. The third kappa shape index (κ3) is 1.69. The number of nitrogens with zero attached hydrogens (tertiary/aromatic N) is 2. The summed E-state index contributed by atoms with van der Waals surface area (Å²) in [5.41, 5.74) is 5.86. The molecular weight excluding hydrogens is 242 g/mol. The van der Waals surface area contributed by atoms with Crippen molar-refractivity contribution < 1.29 is 4.74 Å². The monoisotopic (exact) mass is 257 g/mol. The molecule has 0 aromatic carbocycles. The summed E-state index contributed by atoms with van der Waals surface area (Å²) in [6, 6.07) is 0. The normalized spacial score (nSPS) is 28.7. The molecule has 1 aromatic rings. The maximum Gasteiger partial charge on any atom is 0.153 e. The molecule has 88 valence electrons. The molecule has 1 aromatic heterocycles. The molecular formula is C10H15N3OS2. The fourth-order valence-corrected chi connectivity index (χ4v) is 4.16. The zero-order chi connectivity index (χ0) is 11.1. The Morgan fingerprint density at radius 2 is 2.12 bits per heavy atom. The van der Waals surface area contributed by atoms with Gasteiger partial charge in [0.2, 0.25) is 0 Å². The molecule has 2 aliphatic heterocycles. The standard InChI is InChI=1S/C10H15N3OS2/c1-15-8-9(11)12-16-10(8)13-4-6-2-3-7(5-13)14-6/h6-7H,2-5H2,1H3,(H2,11,12). The zero-order valence-electron chi connectivity index (χ0n) is 9.18. The number of hydrogen-bond acceptors (Lipinski definition) is 6. The van der Waals surface area contributed by atoms with Crippen molar-refractivity contribution in [2.45, 2.75) is 29.9 Å². The molecule has 0 spiro atoms. The number of ether oxygens (including phenoxy) is 1. The third-order valence-corrected chi connectivity index (χ3v) is 5.06. The van der Waals surface area contributed by atoms with Crippen molar-refractivity contribution in [1.82, 2.24) is 4.37 Å². The van der Waals surface area contributed by atoms with Crippen molar-refractivity contribution in [3.8, 4) is 0 Å². The van der Waals surface area contributed by atoms with E-state index in [0.29, 0.717) is 18.0 Å². The first-order valence-electron chi connectivity index (χ1n) is 5.47. The first-order valence-corrected chi connectivity index (χ1v) is 7.47. The number of morpholine rings is 1. The maximum absolute atomic E-state index is 5.86. The highest BCUT2D eigenvalue weighted by molar-refractivity contribution is 7.99. The summed E-state index contributed by atoms with van der Waals surface area (Å²) in [7, 11) is 0. The lowest BCUT2D eigenvalue weighted by Gasteiger charge is -2.32. The van der Waals surface area contributed by atoms with Gasteiger partial charge in [0.05, 0.1) is 17.1 Å². The predicted octanol–water partition coefficient (Wildman–Crippen LogP) is 1.81. The van der Waals surface area contributed by atoms with Crippen LogP contribution in [0, 0.1) is 0 Å². The average Bonchev–Trinajstić information content (AvgIpc) is 2.82. The van der Waals surface area contributed by atoms with E-state index in [9.17, 15) is 0 Å². The molecule has 2 fully saturated rings. The van der Waals surface area contributed by atoms with Crippen LogP contribution < -0.4 is 10.6 Å². The van der Waals surface area contributed by atoms with Gasteiger partial charge in [-0.15, -0.1) is 11.8 Å². The zero-order valence-corrected chi connectivity index (χ0v) is 10.8. The van der Waals surface area contributed by atoms with Crippen molar-refractivity contribution in [3.05, 3.63) is 0 Å². The lowest BCUT2D eigenvalue weighted by molar-refractivity contribution is 0.0306. The number of nitrogens with two attached hydrogens (primary N) is 1. The van der Waals surface area contributed by atoms with E-state index in [4.69, 9.17) is 10.5 Å². The van der Waals surface area contributed by atoms with Crippen LogP contribution in [0.1, 0.15) is 12.8 Å². The Morgan fingerprint density at radius 1 is 1.44 bits per heavy atom. The first kappa shape index (κ1) is 10.7. The maximum atomic E-state index is 5.86. The van der Waals surface area contributed by atoms with E-state index < -0.39 is 0 Å². The van der Waals surface area contributed by atoms with E-state index in [1.165, 1.54) is 29.4 Å². The summed E-state index contributed by atoms with van der Waals surface area (Å²) in [4.78, 5) is 3.53. The highest BCUT2D eigenvalue weighted by atomic mass is 32.2. The molecule has 6 heteroatoms. The van der Waals surface area contributed by atoms with Crippen LogP contribution in [0.3, 0.4) is 0 Å². The lowest BCUT2D eigenvalue weighted by atomic mass is 10.2. The molecule has 3 rings (SSSR count). The fraction of sp³-hybridized carbons (Fsp3) is 0.700.